The van der Waals surface area contributed by atoms with Crippen LogP contribution in [0.25, 0.3) is 0 Å². The Kier molecular flexibility index (Phi) is 6.23. The number of rotatable bonds is 7. The van der Waals surface area contributed by atoms with Crippen molar-refractivity contribution in [2.75, 3.05) is 21.0 Å². The van der Waals surface area contributed by atoms with Gasteiger partial charge >= 0.3 is 5.69 Å². The minimum Gasteiger partial charge on any atom is -0.493 e. The first-order valence-electron chi connectivity index (χ1n) is 9.79. The zero-order chi connectivity index (χ0) is 23.5. The van der Waals surface area contributed by atoms with E-state index in [1.54, 1.807) is 24.1 Å². The Hall–Kier alpha value is -3.98. The normalized spacial score (nSPS) is 11.7. The van der Waals surface area contributed by atoms with Crippen molar-refractivity contribution in [2.45, 2.75) is 6.54 Å². The Morgan fingerprint density at radius 1 is 1.06 bits per heavy atom. The van der Waals surface area contributed by atoms with Crippen LogP contribution in [0.3, 0.4) is 0 Å². The van der Waals surface area contributed by atoms with E-state index in [4.69, 9.17) is 30.5 Å². The second-order valence-electron chi connectivity index (χ2n) is 7.19. The maximum atomic E-state index is 13.0. The number of nitro groups is 1. The van der Waals surface area contributed by atoms with E-state index in [-0.39, 0.29) is 40.7 Å². The molecule has 0 radical (unpaired) electrons. The average molecular weight is 471 g/mol. The highest BCUT2D eigenvalue weighted by atomic mass is 35.5. The molecule has 9 nitrogen and oxygen atoms in total. The molecule has 0 saturated carbocycles. The molecule has 4 rings (SSSR count). The number of halogens is 1. The molecule has 0 bridgehead atoms. The highest BCUT2D eigenvalue weighted by molar-refractivity contribution is 6.30. The summed E-state index contributed by atoms with van der Waals surface area (Å²) in [6.45, 7) is 0.536. The Balaban J connectivity index is 1.52. The highest BCUT2D eigenvalue weighted by Gasteiger charge is 2.21. The molecule has 3 aromatic carbocycles. The summed E-state index contributed by atoms with van der Waals surface area (Å²) in [5, 5.41) is 11.5. The first kappa shape index (κ1) is 22.2. The lowest BCUT2D eigenvalue weighted by molar-refractivity contribution is -0.385. The molecular weight excluding hydrogens is 452 g/mol. The number of hydrogen-bond donors (Lipinski definition) is 0. The summed E-state index contributed by atoms with van der Waals surface area (Å²) in [6, 6.07) is 14.2. The molecule has 1 amide bonds. The van der Waals surface area contributed by atoms with E-state index in [1.807, 2.05) is 12.1 Å². The van der Waals surface area contributed by atoms with Gasteiger partial charge in [0.15, 0.2) is 23.0 Å². The smallest absolute Gasteiger partial charge is 0.313 e. The third kappa shape index (κ3) is 4.78. The van der Waals surface area contributed by atoms with Crippen molar-refractivity contribution in [3.05, 3.63) is 80.9 Å². The minimum atomic E-state index is -0.587. The first-order chi connectivity index (χ1) is 15.9. The van der Waals surface area contributed by atoms with Gasteiger partial charge in [0.25, 0.3) is 5.91 Å². The van der Waals surface area contributed by atoms with E-state index in [9.17, 15) is 14.9 Å². The van der Waals surface area contributed by atoms with Crippen molar-refractivity contribution in [3.8, 4) is 28.7 Å². The maximum Gasteiger partial charge on any atom is 0.313 e. The summed E-state index contributed by atoms with van der Waals surface area (Å²) in [7, 11) is 3.10. The SMILES string of the molecule is COc1cc(C(=O)N(C)Cc2ccc3c(c2)OCO3)ccc1Oc1ccc(Cl)cc1[N+](=O)[O-]. The van der Waals surface area contributed by atoms with Gasteiger partial charge in [0, 0.05) is 30.2 Å². The zero-order valence-electron chi connectivity index (χ0n) is 17.7. The molecule has 1 heterocycles. The molecule has 0 atom stereocenters. The molecule has 0 fully saturated rings. The van der Waals surface area contributed by atoms with Crippen LogP contribution in [-0.4, -0.2) is 36.7 Å². The predicted octanol–water partition coefficient (Wildman–Crippen LogP) is 5.05. The molecule has 0 saturated heterocycles. The fourth-order valence-corrected chi connectivity index (χ4v) is 3.49. The third-order valence-corrected chi connectivity index (χ3v) is 5.19. The number of amides is 1. The van der Waals surface area contributed by atoms with Gasteiger partial charge in [-0.05, 0) is 48.0 Å². The van der Waals surface area contributed by atoms with Crippen LogP contribution in [0.1, 0.15) is 15.9 Å². The lowest BCUT2D eigenvalue weighted by Crippen LogP contribution is -2.26. The topological polar surface area (TPSA) is 100 Å². The van der Waals surface area contributed by atoms with Crippen molar-refractivity contribution in [2.24, 2.45) is 0 Å². The number of carbonyl (C=O) groups excluding carboxylic acids is 1. The van der Waals surface area contributed by atoms with Gasteiger partial charge in [-0.25, -0.2) is 0 Å². The minimum absolute atomic E-state index is 0.00158. The molecule has 1 aliphatic heterocycles. The molecule has 0 aromatic heterocycles. The standard InChI is InChI=1S/C23H19ClN2O7/c1-25(12-14-3-6-19-22(9-14)32-13-31-19)23(27)15-4-7-20(21(10-15)30-2)33-18-8-5-16(24)11-17(18)26(28)29/h3-11H,12-13H2,1-2H3. The number of carbonyl (C=O) groups is 1. The van der Waals surface area contributed by atoms with Gasteiger partial charge in [-0.2, -0.15) is 0 Å². The number of nitro benzene ring substituents is 1. The summed E-state index contributed by atoms with van der Waals surface area (Å²) < 4.78 is 21.8. The molecule has 3 aromatic rings. The molecule has 0 N–H and O–H groups in total. The van der Waals surface area contributed by atoms with Crippen molar-refractivity contribution in [1.29, 1.82) is 0 Å². The van der Waals surface area contributed by atoms with Crippen LogP contribution in [0.4, 0.5) is 5.69 Å². The quantitative estimate of drug-likeness (QED) is 0.352. The Morgan fingerprint density at radius 2 is 1.82 bits per heavy atom. The molecule has 170 valence electrons. The predicted molar refractivity (Wildman–Crippen MR) is 120 cm³/mol. The molecule has 1 aliphatic rings. The summed E-state index contributed by atoms with van der Waals surface area (Å²) in [5.41, 5.74) is 0.971. The van der Waals surface area contributed by atoms with Crippen molar-refractivity contribution in [1.82, 2.24) is 4.90 Å². The largest absolute Gasteiger partial charge is 0.493 e. The summed E-state index contributed by atoms with van der Waals surface area (Å²) in [5.74, 6) is 1.55. The summed E-state index contributed by atoms with van der Waals surface area (Å²) >= 11 is 5.85. The van der Waals surface area contributed by atoms with Crippen LogP contribution >= 0.6 is 11.6 Å². The van der Waals surface area contributed by atoms with Crippen LogP contribution in [0.15, 0.2) is 54.6 Å². The fourth-order valence-electron chi connectivity index (χ4n) is 3.33. The second kappa shape index (κ2) is 9.25. The third-order valence-electron chi connectivity index (χ3n) is 4.95. The summed E-state index contributed by atoms with van der Waals surface area (Å²) in [4.78, 5) is 25.3. The molecule has 0 unspecified atom stereocenters. The number of ether oxygens (including phenoxy) is 4. The van der Waals surface area contributed by atoms with E-state index in [0.29, 0.717) is 23.6 Å². The van der Waals surface area contributed by atoms with Crippen LogP contribution in [0.2, 0.25) is 5.02 Å². The highest BCUT2D eigenvalue weighted by Crippen LogP contribution is 2.38. The van der Waals surface area contributed by atoms with Crippen LogP contribution < -0.4 is 18.9 Å². The van der Waals surface area contributed by atoms with Crippen molar-refractivity contribution >= 4 is 23.2 Å². The lowest BCUT2D eigenvalue weighted by Gasteiger charge is -2.19. The van der Waals surface area contributed by atoms with E-state index >= 15 is 0 Å². The van der Waals surface area contributed by atoms with Gasteiger partial charge in [-0.3, -0.25) is 14.9 Å². The monoisotopic (exact) mass is 470 g/mol. The van der Waals surface area contributed by atoms with Gasteiger partial charge in [0.2, 0.25) is 12.5 Å². The van der Waals surface area contributed by atoms with Gasteiger partial charge in [0.05, 0.1) is 12.0 Å². The Labute approximate surface area is 194 Å². The van der Waals surface area contributed by atoms with Gasteiger partial charge in [-0.15, -0.1) is 0 Å². The Bertz CT molecular complexity index is 1230. The van der Waals surface area contributed by atoms with E-state index in [0.717, 1.165) is 5.56 Å². The van der Waals surface area contributed by atoms with Gasteiger partial charge in [-0.1, -0.05) is 17.7 Å². The number of nitrogens with zero attached hydrogens (tertiary/aromatic N) is 2. The van der Waals surface area contributed by atoms with Gasteiger partial charge in [0.1, 0.15) is 0 Å². The van der Waals surface area contributed by atoms with Crippen LogP contribution in [0.5, 0.6) is 28.7 Å². The molecule has 10 heteroatoms. The molecule has 0 aliphatic carbocycles. The fraction of sp³-hybridized carbons (Fsp3) is 0.174. The molecular formula is C23H19ClN2O7. The summed E-state index contributed by atoms with van der Waals surface area (Å²) in [6.07, 6.45) is 0. The van der Waals surface area contributed by atoms with Gasteiger partial charge < -0.3 is 23.8 Å². The van der Waals surface area contributed by atoms with Crippen LogP contribution in [-0.2, 0) is 6.54 Å². The van der Waals surface area contributed by atoms with Crippen molar-refractivity contribution in [3.63, 3.8) is 0 Å². The number of methoxy groups -OCH3 is 1. The second-order valence-corrected chi connectivity index (χ2v) is 7.62. The van der Waals surface area contributed by atoms with E-state index < -0.39 is 4.92 Å². The van der Waals surface area contributed by atoms with Crippen molar-refractivity contribution < 1.29 is 28.7 Å². The maximum absolute atomic E-state index is 13.0. The zero-order valence-corrected chi connectivity index (χ0v) is 18.5. The lowest BCUT2D eigenvalue weighted by atomic mass is 10.1. The molecule has 0 spiro atoms. The number of fused-ring (bicyclic) bond motifs is 1. The van der Waals surface area contributed by atoms with Crippen LogP contribution in [0, 0.1) is 10.1 Å². The average Bonchev–Trinajstić information content (AvgIpc) is 3.27. The van der Waals surface area contributed by atoms with E-state index in [1.165, 1.54) is 37.4 Å². The molecule has 33 heavy (non-hydrogen) atoms. The first-order valence-corrected chi connectivity index (χ1v) is 10.2. The van der Waals surface area contributed by atoms with E-state index in [2.05, 4.69) is 0 Å². The number of hydrogen-bond acceptors (Lipinski definition) is 7. The Morgan fingerprint density at radius 3 is 2.58 bits per heavy atom. The number of benzene rings is 3.